The Bertz CT molecular complexity index is 685. The van der Waals surface area contributed by atoms with Gasteiger partial charge in [-0.3, -0.25) is 0 Å². The third-order valence-electron chi connectivity index (χ3n) is 4.11. The zero-order chi connectivity index (χ0) is 17.2. The summed E-state index contributed by atoms with van der Waals surface area (Å²) in [6.45, 7) is 7.10. The van der Waals surface area contributed by atoms with Crippen LogP contribution >= 0.6 is 0 Å². The SMILES string of the molecule is CC(C)(C)OC(=O)N1CCC(c2cccc(-c3nn[nH]n3)c2)CC1. The molecule has 1 aromatic heterocycles. The van der Waals surface area contributed by atoms with Gasteiger partial charge in [0, 0.05) is 18.7 Å². The van der Waals surface area contributed by atoms with Crippen LogP contribution in [-0.4, -0.2) is 50.3 Å². The Balaban J connectivity index is 1.63. The normalized spacial score (nSPS) is 16.2. The van der Waals surface area contributed by atoms with Crippen LogP contribution in [0.4, 0.5) is 4.79 Å². The van der Waals surface area contributed by atoms with Crippen LogP contribution in [0.2, 0.25) is 0 Å². The number of carbonyl (C=O) groups excluding carboxylic acids is 1. The summed E-state index contributed by atoms with van der Waals surface area (Å²) in [5.74, 6) is 1.03. The van der Waals surface area contributed by atoms with Gasteiger partial charge in [0.15, 0.2) is 0 Å². The van der Waals surface area contributed by atoms with Crippen LogP contribution in [0.1, 0.15) is 45.1 Å². The summed E-state index contributed by atoms with van der Waals surface area (Å²) < 4.78 is 5.45. The zero-order valence-corrected chi connectivity index (χ0v) is 14.3. The second-order valence-corrected chi connectivity index (χ2v) is 7.10. The first kappa shape index (κ1) is 16.4. The topological polar surface area (TPSA) is 84.0 Å². The molecule has 1 aliphatic heterocycles. The molecule has 2 aromatic rings. The highest BCUT2D eigenvalue weighted by Gasteiger charge is 2.27. The number of piperidine rings is 1. The fourth-order valence-electron chi connectivity index (χ4n) is 2.94. The molecule has 0 radical (unpaired) electrons. The predicted octanol–water partition coefficient (Wildman–Crippen LogP) is 2.98. The molecule has 7 nitrogen and oxygen atoms in total. The fourth-order valence-corrected chi connectivity index (χ4v) is 2.94. The summed E-state index contributed by atoms with van der Waals surface area (Å²) in [6.07, 6.45) is 1.63. The highest BCUT2D eigenvalue weighted by Crippen LogP contribution is 2.30. The third kappa shape index (κ3) is 3.90. The van der Waals surface area contributed by atoms with Crippen molar-refractivity contribution in [3.05, 3.63) is 29.8 Å². The molecule has 24 heavy (non-hydrogen) atoms. The lowest BCUT2D eigenvalue weighted by Crippen LogP contribution is -2.41. The van der Waals surface area contributed by atoms with Gasteiger partial charge in [-0.1, -0.05) is 18.2 Å². The molecule has 128 valence electrons. The number of hydrogen-bond acceptors (Lipinski definition) is 5. The monoisotopic (exact) mass is 329 g/mol. The molecule has 7 heteroatoms. The van der Waals surface area contributed by atoms with Gasteiger partial charge in [0.25, 0.3) is 0 Å². The minimum absolute atomic E-state index is 0.221. The van der Waals surface area contributed by atoms with Crippen LogP contribution in [0.15, 0.2) is 24.3 Å². The first-order valence-corrected chi connectivity index (χ1v) is 8.24. The molecule has 3 rings (SSSR count). The number of amides is 1. The number of hydrogen-bond donors (Lipinski definition) is 1. The van der Waals surface area contributed by atoms with Gasteiger partial charge in [0.1, 0.15) is 5.60 Å². The lowest BCUT2D eigenvalue weighted by Gasteiger charge is -2.33. The maximum absolute atomic E-state index is 12.1. The minimum atomic E-state index is -0.452. The van der Waals surface area contributed by atoms with Crippen LogP contribution in [0.5, 0.6) is 0 Å². The first-order chi connectivity index (χ1) is 11.4. The van der Waals surface area contributed by atoms with Crippen LogP contribution in [0.3, 0.4) is 0 Å². The van der Waals surface area contributed by atoms with E-state index >= 15 is 0 Å². The predicted molar refractivity (Wildman–Crippen MR) is 89.4 cm³/mol. The van der Waals surface area contributed by atoms with E-state index in [0.29, 0.717) is 24.8 Å². The summed E-state index contributed by atoms with van der Waals surface area (Å²) in [5, 5.41) is 14.1. The van der Waals surface area contributed by atoms with Crippen molar-refractivity contribution in [1.82, 2.24) is 25.5 Å². The van der Waals surface area contributed by atoms with E-state index in [-0.39, 0.29) is 6.09 Å². The van der Waals surface area contributed by atoms with E-state index in [2.05, 4.69) is 32.8 Å². The molecule has 1 aliphatic rings. The highest BCUT2D eigenvalue weighted by molar-refractivity contribution is 5.68. The number of aromatic nitrogens is 4. The van der Waals surface area contributed by atoms with Crippen molar-refractivity contribution in [2.45, 2.75) is 45.1 Å². The Morgan fingerprint density at radius 1 is 1.29 bits per heavy atom. The van der Waals surface area contributed by atoms with Crippen molar-refractivity contribution >= 4 is 6.09 Å². The van der Waals surface area contributed by atoms with Crippen molar-refractivity contribution in [3.8, 4) is 11.4 Å². The van der Waals surface area contributed by atoms with E-state index in [4.69, 9.17) is 4.74 Å². The lowest BCUT2D eigenvalue weighted by atomic mass is 9.88. The lowest BCUT2D eigenvalue weighted by molar-refractivity contribution is 0.0205. The van der Waals surface area contributed by atoms with Gasteiger partial charge in [-0.05, 0) is 56.4 Å². The maximum Gasteiger partial charge on any atom is 0.410 e. The minimum Gasteiger partial charge on any atom is -0.444 e. The molecular weight excluding hydrogens is 306 g/mol. The second-order valence-electron chi connectivity index (χ2n) is 7.10. The number of carbonyl (C=O) groups is 1. The van der Waals surface area contributed by atoms with E-state index in [1.54, 1.807) is 4.90 Å². The van der Waals surface area contributed by atoms with E-state index in [1.807, 2.05) is 32.9 Å². The van der Waals surface area contributed by atoms with Crippen molar-refractivity contribution < 1.29 is 9.53 Å². The fraction of sp³-hybridized carbons (Fsp3) is 0.529. The van der Waals surface area contributed by atoms with E-state index < -0.39 is 5.60 Å². The Morgan fingerprint density at radius 2 is 2.04 bits per heavy atom. The molecule has 0 spiro atoms. The largest absolute Gasteiger partial charge is 0.444 e. The third-order valence-corrected chi connectivity index (χ3v) is 4.11. The summed E-state index contributed by atoms with van der Waals surface area (Å²) in [6, 6.07) is 8.22. The number of H-pyrrole nitrogens is 1. The smallest absolute Gasteiger partial charge is 0.410 e. The molecule has 1 amide bonds. The molecule has 2 heterocycles. The maximum atomic E-state index is 12.1. The Hall–Kier alpha value is -2.44. The number of ether oxygens (including phenoxy) is 1. The number of tetrazole rings is 1. The molecule has 1 saturated heterocycles. The standard InChI is InChI=1S/C17H23N5O2/c1-17(2,3)24-16(23)22-9-7-12(8-10-22)13-5-4-6-14(11-13)15-18-20-21-19-15/h4-6,11-12H,7-10H2,1-3H3,(H,18,19,20,21). The first-order valence-electron chi connectivity index (χ1n) is 8.24. The van der Waals surface area contributed by atoms with Crippen LogP contribution in [0, 0.1) is 0 Å². The van der Waals surface area contributed by atoms with Gasteiger partial charge < -0.3 is 9.64 Å². The van der Waals surface area contributed by atoms with Gasteiger partial charge >= 0.3 is 6.09 Å². The van der Waals surface area contributed by atoms with Crippen molar-refractivity contribution in [2.75, 3.05) is 13.1 Å². The van der Waals surface area contributed by atoms with Crippen LogP contribution in [0.25, 0.3) is 11.4 Å². The van der Waals surface area contributed by atoms with Gasteiger partial charge in [0.2, 0.25) is 5.82 Å². The summed E-state index contributed by atoms with van der Waals surface area (Å²) in [7, 11) is 0. The Labute approximate surface area is 141 Å². The van der Waals surface area contributed by atoms with Crippen molar-refractivity contribution in [1.29, 1.82) is 0 Å². The zero-order valence-electron chi connectivity index (χ0n) is 14.3. The van der Waals surface area contributed by atoms with E-state index in [9.17, 15) is 4.79 Å². The molecule has 0 saturated carbocycles. The number of nitrogens with one attached hydrogen (secondary N) is 1. The number of nitrogens with zero attached hydrogens (tertiary/aromatic N) is 4. The van der Waals surface area contributed by atoms with Crippen LogP contribution < -0.4 is 0 Å². The van der Waals surface area contributed by atoms with Gasteiger partial charge in [-0.2, -0.15) is 5.21 Å². The van der Waals surface area contributed by atoms with Gasteiger partial charge in [-0.25, -0.2) is 4.79 Å². The summed E-state index contributed by atoms with van der Waals surface area (Å²) >= 11 is 0. The average molecular weight is 329 g/mol. The molecule has 0 bridgehead atoms. The number of aromatic amines is 1. The molecule has 1 N–H and O–H groups in total. The Morgan fingerprint density at radius 3 is 2.67 bits per heavy atom. The highest BCUT2D eigenvalue weighted by atomic mass is 16.6. The Kier molecular flexibility index (Phi) is 4.51. The van der Waals surface area contributed by atoms with Gasteiger partial charge in [-0.15, -0.1) is 10.2 Å². The molecule has 0 unspecified atom stereocenters. The van der Waals surface area contributed by atoms with E-state index in [1.165, 1.54) is 5.56 Å². The average Bonchev–Trinajstić information content (AvgIpc) is 3.08. The quantitative estimate of drug-likeness (QED) is 0.915. The second kappa shape index (κ2) is 6.59. The molecule has 0 aliphatic carbocycles. The molecular formula is C17H23N5O2. The van der Waals surface area contributed by atoms with Crippen LogP contribution in [-0.2, 0) is 4.74 Å². The van der Waals surface area contributed by atoms with E-state index in [0.717, 1.165) is 18.4 Å². The molecule has 1 fully saturated rings. The van der Waals surface area contributed by atoms with Crippen molar-refractivity contribution in [2.24, 2.45) is 0 Å². The summed E-state index contributed by atoms with van der Waals surface area (Å²) in [5.41, 5.74) is 1.75. The van der Waals surface area contributed by atoms with Gasteiger partial charge in [0.05, 0.1) is 0 Å². The number of benzene rings is 1. The van der Waals surface area contributed by atoms with Crippen molar-refractivity contribution in [3.63, 3.8) is 0 Å². The molecule has 1 aromatic carbocycles. The summed E-state index contributed by atoms with van der Waals surface area (Å²) in [4.78, 5) is 13.9. The number of rotatable bonds is 2. The molecule has 0 atom stereocenters. The number of likely N-dealkylation sites (tertiary alicyclic amines) is 1.